The molecule has 2 aromatic rings. The molecule has 2 aromatic carbocycles. The maximum atomic E-state index is 12.5. The van der Waals surface area contributed by atoms with Crippen molar-refractivity contribution in [3.05, 3.63) is 71.3 Å². The summed E-state index contributed by atoms with van der Waals surface area (Å²) < 4.78 is 0. The number of hydrogen-bond donors (Lipinski definition) is 0. The van der Waals surface area contributed by atoms with Crippen LogP contribution in [0, 0.1) is 6.92 Å². The third kappa shape index (κ3) is 2.65. The van der Waals surface area contributed by atoms with E-state index in [9.17, 15) is 4.79 Å². The van der Waals surface area contributed by atoms with Crippen LogP contribution in [0.1, 0.15) is 26.7 Å². The van der Waals surface area contributed by atoms with E-state index in [4.69, 9.17) is 0 Å². The SMILES string of the molecule is CSC(C(=O)c1ccccc1)c1ccccc1C. The van der Waals surface area contributed by atoms with Crippen LogP contribution in [0.2, 0.25) is 0 Å². The summed E-state index contributed by atoms with van der Waals surface area (Å²) in [6, 6.07) is 17.6. The molecule has 0 aliphatic rings. The van der Waals surface area contributed by atoms with E-state index in [0.29, 0.717) is 0 Å². The zero-order valence-electron chi connectivity index (χ0n) is 10.6. The average molecular weight is 256 g/mol. The second kappa shape index (κ2) is 5.87. The molecule has 0 saturated carbocycles. The Kier molecular flexibility index (Phi) is 4.21. The maximum absolute atomic E-state index is 12.5. The number of ketones is 1. The molecule has 0 heterocycles. The van der Waals surface area contributed by atoms with Gasteiger partial charge in [-0.05, 0) is 24.3 Å². The van der Waals surface area contributed by atoms with Crippen molar-refractivity contribution in [3.8, 4) is 0 Å². The number of hydrogen-bond acceptors (Lipinski definition) is 2. The van der Waals surface area contributed by atoms with Crippen molar-refractivity contribution in [1.29, 1.82) is 0 Å². The summed E-state index contributed by atoms with van der Waals surface area (Å²) >= 11 is 1.59. The molecule has 18 heavy (non-hydrogen) atoms. The molecular formula is C16H16OS. The molecule has 0 bridgehead atoms. The minimum absolute atomic E-state index is 0.117. The fraction of sp³-hybridized carbons (Fsp3) is 0.188. The normalized spacial score (nSPS) is 12.1. The Bertz CT molecular complexity index is 534. The third-order valence-corrected chi connectivity index (χ3v) is 3.94. The number of aryl methyl sites for hydroxylation is 1. The zero-order valence-corrected chi connectivity index (χ0v) is 11.4. The first-order valence-corrected chi connectivity index (χ1v) is 7.20. The van der Waals surface area contributed by atoms with Crippen molar-refractivity contribution < 1.29 is 4.79 Å². The van der Waals surface area contributed by atoms with E-state index >= 15 is 0 Å². The van der Waals surface area contributed by atoms with Crippen LogP contribution in [0.5, 0.6) is 0 Å². The summed E-state index contributed by atoms with van der Waals surface area (Å²) in [5, 5.41) is -0.117. The van der Waals surface area contributed by atoms with Crippen LogP contribution in [0.25, 0.3) is 0 Å². The van der Waals surface area contributed by atoms with Crippen LogP contribution in [0.4, 0.5) is 0 Å². The van der Waals surface area contributed by atoms with E-state index in [2.05, 4.69) is 13.0 Å². The Balaban J connectivity index is 2.36. The van der Waals surface area contributed by atoms with Crippen LogP contribution in [-0.2, 0) is 0 Å². The lowest BCUT2D eigenvalue weighted by molar-refractivity contribution is 0.0989. The Morgan fingerprint density at radius 2 is 1.61 bits per heavy atom. The van der Waals surface area contributed by atoms with Crippen molar-refractivity contribution in [2.45, 2.75) is 12.2 Å². The molecule has 0 radical (unpaired) electrons. The number of Topliss-reactive ketones (excluding diaryl/α,β-unsaturated/α-hetero) is 1. The first kappa shape index (κ1) is 12.9. The number of thioether (sulfide) groups is 1. The smallest absolute Gasteiger partial charge is 0.180 e. The minimum Gasteiger partial charge on any atom is -0.293 e. The molecule has 1 unspecified atom stereocenters. The summed E-state index contributed by atoms with van der Waals surface area (Å²) in [5.41, 5.74) is 3.06. The Hall–Kier alpha value is -1.54. The van der Waals surface area contributed by atoms with Gasteiger partial charge in [-0.25, -0.2) is 0 Å². The van der Waals surface area contributed by atoms with Crippen LogP contribution in [0.15, 0.2) is 54.6 Å². The first-order valence-electron chi connectivity index (χ1n) is 5.91. The molecule has 0 aromatic heterocycles. The minimum atomic E-state index is -0.117. The van der Waals surface area contributed by atoms with Crippen molar-refractivity contribution in [3.63, 3.8) is 0 Å². The van der Waals surface area contributed by atoms with Crippen LogP contribution in [0.3, 0.4) is 0 Å². The van der Waals surface area contributed by atoms with Gasteiger partial charge >= 0.3 is 0 Å². The highest BCUT2D eigenvalue weighted by atomic mass is 32.2. The number of rotatable bonds is 4. The Morgan fingerprint density at radius 3 is 2.22 bits per heavy atom. The average Bonchev–Trinajstić information content (AvgIpc) is 2.42. The zero-order chi connectivity index (χ0) is 13.0. The van der Waals surface area contributed by atoms with Crippen molar-refractivity contribution >= 4 is 17.5 Å². The fourth-order valence-corrected chi connectivity index (χ4v) is 2.88. The molecule has 0 spiro atoms. The fourth-order valence-electron chi connectivity index (χ4n) is 2.01. The predicted molar refractivity (Wildman–Crippen MR) is 78.2 cm³/mol. The van der Waals surface area contributed by atoms with Gasteiger partial charge in [0.05, 0.1) is 5.25 Å². The second-order valence-corrected chi connectivity index (χ2v) is 5.15. The van der Waals surface area contributed by atoms with Gasteiger partial charge in [0.25, 0.3) is 0 Å². The van der Waals surface area contributed by atoms with Crippen LogP contribution in [-0.4, -0.2) is 12.0 Å². The summed E-state index contributed by atoms with van der Waals surface area (Å²) in [6.45, 7) is 2.05. The van der Waals surface area contributed by atoms with Gasteiger partial charge in [0.15, 0.2) is 5.78 Å². The first-order chi connectivity index (χ1) is 8.74. The monoisotopic (exact) mass is 256 g/mol. The quantitative estimate of drug-likeness (QED) is 0.759. The van der Waals surface area contributed by atoms with E-state index in [1.165, 1.54) is 5.56 Å². The number of carbonyl (C=O) groups is 1. The van der Waals surface area contributed by atoms with Gasteiger partial charge in [-0.15, -0.1) is 11.8 Å². The summed E-state index contributed by atoms with van der Waals surface area (Å²) in [6.07, 6.45) is 1.98. The van der Waals surface area contributed by atoms with Crippen LogP contribution >= 0.6 is 11.8 Å². The van der Waals surface area contributed by atoms with Crippen molar-refractivity contribution in [1.82, 2.24) is 0 Å². The van der Waals surface area contributed by atoms with E-state index in [1.807, 2.05) is 54.8 Å². The molecular weight excluding hydrogens is 240 g/mol. The van der Waals surface area contributed by atoms with E-state index in [0.717, 1.165) is 11.1 Å². The van der Waals surface area contributed by atoms with Gasteiger partial charge in [0.2, 0.25) is 0 Å². The highest BCUT2D eigenvalue weighted by Crippen LogP contribution is 2.32. The topological polar surface area (TPSA) is 17.1 Å². The second-order valence-electron chi connectivity index (χ2n) is 4.20. The van der Waals surface area contributed by atoms with E-state index in [1.54, 1.807) is 11.8 Å². The molecule has 1 nitrogen and oxygen atoms in total. The Labute approximate surface area is 112 Å². The highest BCUT2D eigenvalue weighted by Gasteiger charge is 2.21. The van der Waals surface area contributed by atoms with Gasteiger partial charge in [0, 0.05) is 5.56 Å². The maximum Gasteiger partial charge on any atom is 0.180 e. The van der Waals surface area contributed by atoms with Gasteiger partial charge in [-0.2, -0.15) is 0 Å². The lowest BCUT2D eigenvalue weighted by Gasteiger charge is -2.16. The lowest BCUT2D eigenvalue weighted by atomic mass is 9.99. The highest BCUT2D eigenvalue weighted by molar-refractivity contribution is 7.99. The molecule has 0 amide bonds. The molecule has 2 heteroatoms. The van der Waals surface area contributed by atoms with Crippen LogP contribution < -0.4 is 0 Å². The van der Waals surface area contributed by atoms with Gasteiger partial charge in [-0.3, -0.25) is 4.79 Å². The van der Waals surface area contributed by atoms with Crippen molar-refractivity contribution in [2.24, 2.45) is 0 Å². The molecule has 0 aliphatic heterocycles. The number of carbonyl (C=O) groups excluding carboxylic acids is 1. The summed E-state index contributed by atoms with van der Waals surface area (Å²) in [5.74, 6) is 0.178. The van der Waals surface area contributed by atoms with Crippen molar-refractivity contribution in [2.75, 3.05) is 6.26 Å². The molecule has 0 aliphatic carbocycles. The summed E-state index contributed by atoms with van der Waals surface area (Å²) in [7, 11) is 0. The van der Waals surface area contributed by atoms with Gasteiger partial charge in [-0.1, -0.05) is 54.6 Å². The molecule has 0 saturated heterocycles. The largest absolute Gasteiger partial charge is 0.293 e. The standard InChI is InChI=1S/C16H16OS/c1-12-8-6-7-11-14(12)16(18-2)15(17)13-9-4-3-5-10-13/h3-11,16H,1-2H3. The molecule has 92 valence electrons. The molecule has 2 rings (SSSR count). The molecule has 0 N–H and O–H groups in total. The number of benzene rings is 2. The Morgan fingerprint density at radius 1 is 1.00 bits per heavy atom. The third-order valence-electron chi connectivity index (χ3n) is 3.00. The lowest BCUT2D eigenvalue weighted by Crippen LogP contribution is -2.10. The molecule has 1 atom stereocenters. The van der Waals surface area contributed by atoms with Gasteiger partial charge in [0.1, 0.15) is 0 Å². The van der Waals surface area contributed by atoms with Gasteiger partial charge < -0.3 is 0 Å². The van der Waals surface area contributed by atoms with E-state index < -0.39 is 0 Å². The predicted octanol–water partition coefficient (Wildman–Crippen LogP) is 4.28. The molecule has 0 fully saturated rings. The summed E-state index contributed by atoms with van der Waals surface area (Å²) in [4.78, 5) is 12.5. The van der Waals surface area contributed by atoms with E-state index in [-0.39, 0.29) is 11.0 Å².